The average molecular weight is 565 g/mol. The molecule has 1 atom stereocenters. The van der Waals surface area contributed by atoms with Crippen LogP contribution in [0.2, 0.25) is 0 Å². The molecule has 0 radical (unpaired) electrons. The van der Waals surface area contributed by atoms with Gasteiger partial charge in [0, 0.05) is 49.9 Å². The molecule has 3 aromatic rings. The molecular formula is C27H35F3N6O2S. The highest BCUT2D eigenvalue weighted by atomic mass is 32.2. The highest BCUT2D eigenvalue weighted by Gasteiger charge is 2.38. The van der Waals surface area contributed by atoms with Gasteiger partial charge in [-0.1, -0.05) is 13.0 Å². The first-order valence-electron chi connectivity index (χ1n) is 13.3. The Morgan fingerprint density at radius 3 is 2.62 bits per heavy atom. The first kappa shape index (κ1) is 29.0. The summed E-state index contributed by atoms with van der Waals surface area (Å²) in [6.07, 6.45) is 3.78. The van der Waals surface area contributed by atoms with Crippen LogP contribution >= 0.6 is 11.8 Å². The SMILES string of the molecule is CCSCC1CCN(c2nc(NCC3CCCn4ccnc43)c3ccc(C)cc3n2)CC1.O=C(O)C(F)(F)F. The van der Waals surface area contributed by atoms with Crippen molar-refractivity contribution in [2.75, 3.05) is 41.4 Å². The zero-order valence-corrected chi connectivity index (χ0v) is 23.1. The van der Waals surface area contributed by atoms with Crippen molar-refractivity contribution < 1.29 is 23.1 Å². The van der Waals surface area contributed by atoms with E-state index in [1.165, 1.54) is 48.6 Å². The van der Waals surface area contributed by atoms with Crippen LogP contribution in [-0.2, 0) is 11.3 Å². The number of halogens is 3. The molecule has 4 heterocycles. The number of aromatic nitrogens is 4. The summed E-state index contributed by atoms with van der Waals surface area (Å²) in [4.78, 5) is 25.9. The number of nitrogens with zero attached hydrogens (tertiary/aromatic N) is 5. The van der Waals surface area contributed by atoms with E-state index in [9.17, 15) is 13.2 Å². The number of hydrogen-bond donors (Lipinski definition) is 2. The molecule has 2 aliphatic heterocycles. The van der Waals surface area contributed by atoms with Crippen LogP contribution in [0.3, 0.4) is 0 Å². The summed E-state index contributed by atoms with van der Waals surface area (Å²) in [7, 11) is 0. The molecule has 39 heavy (non-hydrogen) atoms. The number of thioether (sulfide) groups is 1. The Morgan fingerprint density at radius 2 is 1.92 bits per heavy atom. The van der Waals surface area contributed by atoms with Gasteiger partial charge in [0.2, 0.25) is 5.95 Å². The Balaban J connectivity index is 0.000000448. The van der Waals surface area contributed by atoms with E-state index in [2.05, 4.69) is 69.8 Å². The van der Waals surface area contributed by atoms with Crippen molar-refractivity contribution in [2.45, 2.75) is 58.2 Å². The van der Waals surface area contributed by atoms with E-state index in [0.29, 0.717) is 5.92 Å². The van der Waals surface area contributed by atoms with Crippen molar-refractivity contribution in [2.24, 2.45) is 5.92 Å². The van der Waals surface area contributed by atoms with Crippen molar-refractivity contribution in [3.05, 3.63) is 42.0 Å². The van der Waals surface area contributed by atoms with Crippen LogP contribution in [0, 0.1) is 12.8 Å². The van der Waals surface area contributed by atoms with Crippen LogP contribution in [0.15, 0.2) is 30.6 Å². The van der Waals surface area contributed by atoms with Crippen LogP contribution in [0.1, 0.15) is 49.9 Å². The number of hydrogen-bond acceptors (Lipinski definition) is 7. The smallest absolute Gasteiger partial charge is 0.475 e. The molecule has 2 aliphatic rings. The van der Waals surface area contributed by atoms with Crippen LogP contribution < -0.4 is 10.2 Å². The molecule has 0 spiro atoms. The number of rotatable bonds is 7. The second kappa shape index (κ2) is 12.9. The summed E-state index contributed by atoms with van der Waals surface area (Å²) in [5.41, 5.74) is 2.27. The number of carboxylic acid groups (broad SMARTS) is 1. The molecule has 0 aliphatic carbocycles. The number of imidazole rings is 1. The molecule has 0 amide bonds. The van der Waals surface area contributed by atoms with Gasteiger partial charge in [0.05, 0.1) is 5.52 Å². The summed E-state index contributed by atoms with van der Waals surface area (Å²) in [6, 6.07) is 6.50. The molecule has 2 N–H and O–H groups in total. The van der Waals surface area contributed by atoms with Crippen molar-refractivity contribution in [3.8, 4) is 0 Å². The molecule has 8 nitrogen and oxygen atoms in total. The topological polar surface area (TPSA) is 96.2 Å². The number of carboxylic acids is 1. The highest BCUT2D eigenvalue weighted by Crippen LogP contribution is 2.30. The molecule has 0 bridgehead atoms. The average Bonchev–Trinajstić information content (AvgIpc) is 3.40. The van der Waals surface area contributed by atoms with E-state index in [4.69, 9.17) is 19.9 Å². The summed E-state index contributed by atoms with van der Waals surface area (Å²) in [5, 5.41) is 11.9. The van der Waals surface area contributed by atoms with Crippen molar-refractivity contribution in [3.63, 3.8) is 0 Å². The molecule has 1 saturated heterocycles. The molecule has 1 aromatic carbocycles. The maximum atomic E-state index is 10.6. The van der Waals surface area contributed by atoms with Crippen molar-refractivity contribution in [1.82, 2.24) is 19.5 Å². The van der Waals surface area contributed by atoms with Crippen LogP contribution in [0.25, 0.3) is 10.9 Å². The van der Waals surface area contributed by atoms with Crippen molar-refractivity contribution >= 4 is 40.4 Å². The molecule has 12 heteroatoms. The largest absolute Gasteiger partial charge is 0.490 e. The van der Waals surface area contributed by atoms with E-state index in [0.717, 1.165) is 54.8 Å². The lowest BCUT2D eigenvalue weighted by Crippen LogP contribution is -2.35. The first-order chi connectivity index (χ1) is 18.7. The quantitative estimate of drug-likeness (QED) is 0.376. The number of piperidine rings is 1. The number of fused-ring (bicyclic) bond motifs is 2. The lowest BCUT2D eigenvalue weighted by Gasteiger charge is -2.32. The fraction of sp³-hybridized carbons (Fsp3) is 0.556. The fourth-order valence-corrected chi connectivity index (χ4v) is 5.91. The van der Waals surface area contributed by atoms with Crippen LogP contribution in [-0.4, -0.2) is 67.9 Å². The van der Waals surface area contributed by atoms with E-state index >= 15 is 0 Å². The second-order valence-electron chi connectivity index (χ2n) is 9.98. The minimum absolute atomic E-state index is 0.421. The molecule has 2 aromatic heterocycles. The standard InChI is InChI=1S/C25H34N6S.C2HF3O2/c1-3-32-17-19-8-12-31(13-9-19)25-28-22-15-18(2)6-7-21(22)23(29-25)27-16-20-5-4-11-30-14-10-26-24(20)30;3-2(4,5)1(6)7/h6-7,10,14-15,19-20H,3-5,8-9,11-13,16-17H2,1-2H3,(H,27,28,29);(H,6,7). The third-order valence-electron chi connectivity index (χ3n) is 7.12. The zero-order chi connectivity index (χ0) is 28.0. The summed E-state index contributed by atoms with van der Waals surface area (Å²) in [5.74, 6) is 4.01. The number of aliphatic carboxylic acids is 1. The predicted octanol–water partition coefficient (Wildman–Crippen LogP) is 5.73. The number of nitrogens with one attached hydrogen (secondary N) is 1. The Morgan fingerprint density at radius 1 is 1.18 bits per heavy atom. The zero-order valence-electron chi connectivity index (χ0n) is 22.2. The first-order valence-corrected chi connectivity index (χ1v) is 14.5. The minimum atomic E-state index is -5.08. The van der Waals surface area contributed by atoms with Crippen molar-refractivity contribution in [1.29, 1.82) is 0 Å². The Hall–Kier alpha value is -3.02. The molecule has 212 valence electrons. The highest BCUT2D eigenvalue weighted by molar-refractivity contribution is 7.99. The summed E-state index contributed by atoms with van der Waals surface area (Å²) >= 11 is 2.07. The Bertz CT molecular complexity index is 1260. The van der Waals surface area contributed by atoms with Crippen LogP contribution in [0.5, 0.6) is 0 Å². The van der Waals surface area contributed by atoms with E-state index in [1.54, 1.807) is 0 Å². The Kier molecular flexibility index (Phi) is 9.58. The van der Waals surface area contributed by atoms with Crippen LogP contribution in [0.4, 0.5) is 24.9 Å². The minimum Gasteiger partial charge on any atom is -0.475 e. The Labute approximate surface area is 230 Å². The van der Waals surface area contributed by atoms with E-state index in [1.807, 2.05) is 6.20 Å². The second-order valence-corrected chi connectivity index (χ2v) is 11.3. The summed E-state index contributed by atoms with van der Waals surface area (Å²) < 4.78 is 34.0. The third-order valence-corrected chi connectivity index (χ3v) is 8.23. The molecule has 1 fully saturated rings. The lowest BCUT2D eigenvalue weighted by atomic mass is 9.99. The van der Waals surface area contributed by atoms with Gasteiger partial charge in [-0.15, -0.1) is 0 Å². The van der Waals surface area contributed by atoms with Gasteiger partial charge in [-0.2, -0.15) is 29.9 Å². The van der Waals surface area contributed by atoms with Gasteiger partial charge < -0.3 is 19.9 Å². The third kappa shape index (κ3) is 7.55. The number of aryl methyl sites for hydroxylation is 2. The monoisotopic (exact) mass is 564 g/mol. The van der Waals surface area contributed by atoms with Gasteiger partial charge in [0.1, 0.15) is 11.6 Å². The predicted molar refractivity (Wildman–Crippen MR) is 149 cm³/mol. The molecule has 5 rings (SSSR count). The van der Waals surface area contributed by atoms with E-state index < -0.39 is 12.1 Å². The maximum Gasteiger partial charge on any atom is 0.490 e. The van der Waals surface area contributed by atoms with Gasteiger partial charge in [-0.25, -0.2) is 14.8 Å². The summed E-state index contributed by atoms with van der Waals surface area (Å²) in [6.45, 7) is 8.41. The lowest BCUT2D eigenvalue weighted by molar-refractivity contribution is -0.192. The number of benzene rings is 1. The van der Waals surface area contributed by atoms with Gasteiger partial charge >= 0.3 is 12.1 Å². The molecule has 0 saturated carbocycles. The number of anilines is 2. The normalized spacial score (nSPS) is 17.9. The van der Waals surface area contributed by atoms with Gasteiger partial charge in [0.15, 0.2) is 0 Å². The molecule has 1 unspecified atom stereocenters. The van der Waals surface area contributed by atoms with Gasteiger partial charge in [-0.3, -0.25) is 0 Å². The van der Waals surface area contributed by atoms with Gasteiger partial charge in [0.25, 0.3) is 0 Å². The van der Waals surface area contributed by atoms with Gasteiger partial charge in [-0.05, 0) is 67.7 Å². The maximum absolute atomic E-state index is 10.6. The number of carbonyl (C=O) groups is 1. The number of alkyl halides is 3. The molecular weight excluding hydrogens is 529 g/mol. The fourth-order valence-electron chi connectivity index (χ4n) is 5.01. The van der Waals surface area contributed by atoms with E-state index in [-0.39, 0.29) is 0 Å².